The average molecular weight is 261 g/mol. The summed E-state index contributed by atoms with van der Waals surface area (Å²) in [6.45, 7) is 2.15. The highest BCUT2D eigenvalue weighted by atomic mass is 16.3. The second-order valence-corrected chi connectivity index (χ2v) is 4.74. The van der Waals surface area contributed by atoms with E-state index in [-0.39, 0.29) is 0 Å². The lowest BCUT2D eigenvalue weighted by Crippen LogP contribution is -1.89. The van der Waals surface area contributed by atoms with Crippen LogP contribution in [0.25, 0.3) is 22.6 Å². The lowest BCUT2D eigenvalue weighted by molar-refractivity contribution is 0.575. The number of rotatable bonds is 3. The van der Waals surface area contributed by atoms with Crippen LogP contribution < -0.4 is 0 Å². The van der Waals surface area contributed by atoms with Crippen LogP contribution in [0.1, 0.15) is 12.5 Å². The molecule has 1 heteroatoms. The Balaban J connectivity index is 2.13. The molecule has 0 amide bonds. The standard InChI is InChI=1S/C19H17O/c1-2-15-13-14-18(16-9-5-3-6-10-16)20-19(15)17-11-7-4-8-12-17/h3-14H,2H2,1H3/q+1. The molecule has 2 aromatic carbocycles. The van der Waals surface area contributed by atoms with Gasteiger partial charge in [0, 0.05) is 6.07 Å². The summed E-state index contributed by atoms with van der Waals surface area (Å²) in [7, 11) is 0. The van der Waals surface area contributed by atoms with E-state index in [1.165, 1.54) is 5.56 Å². The maximum absolute atomic E-state index is 6.17. The van der Waals surface area contributed by atoms with Crippen molar-refractivity contribution in [2.24, 2.45) is 0 Å². The maximum Gasteiger partial charge on any atom is 0.363 e. The number of hydrogen-bond donors (Lipinski definition) is 0. The monoisotopic (exact) mass is 261 g/mol. The van der Waals surface area contributed by atoms with Gasteiger partial charge in [-0.2, -0.15) is 0 Å². The molecule has 0 aliphatic heterocycles. The number of benzene rings is 2. The van der Waals surface area contributed by atoms with Crippen LogP contribution in [-0.2, 0) is 6.42 Å². The largest absolute Gasteiger partial charge is 0.363 e. The van der Waals surface area contributed by atoms with Gasteiger partial charge in [-0.15, -0.1) is 0 Å². The molecule has 0 saturated carbocycles. The van der Waals surface area contributed by atoms with E-state index in [9.17, 15) is 0 Å². The highest BCUT2D eigenvalue weighted by molar-refractivity contribution is 5.65. The molecule has 0 N–H and O–H groups in total. The second kappa shape index (κ2) is 5.70. The summed E-state index contributed by atoms with van der Waals surface area (Å²) in [4.78, 5) is 0. The fourth-order valence-electron chi connectivity index (χ4n) is 2.33. The lowest BCUT2D eigenvalue weighted by Gasteiger charge is -1.99. The Bertz CT molecular complexity index is 687. The summed E-state index contributed by atoms with van der Waals surface area (Å²) in [6, 6.07) is 24.7. The Hall–Kier alpha value is -2.41. The van der Waals surface area contributed by atoms with E-state index in [2.05, 4.69) is 43.3 Å². The van der Waals surface area contributed by atoms with Crippen molar-refractivity contribution in [2.75, 3.05) is 0 Å². The molecule has 0 radical (unpaired) electrons. The molecular weight excluding hydrogens is 244 g/mol. The summed E-state index contributed by atoms with van der Waals surface area (Å²) in [5, 5.41) is 0. The first kappa shape index (κ1) is 12.6. The minimum atomic E-state index is 0.904. The van der Waals surface area contributed by atoms with Gasteiger partial charge in [0.15, 0.2) is 0 Å². The molecule has 0 aliphatic carbocycles. The Morgan fingerprint density at radius 1 is 0.700 bits per heavy atom. The van der Waals surface area contributed by atoms with E-state index >= 15 is 0 Å². The molecule has 0 unspecified atom stereocenters. The Labute approximate surface area is 119 Å². The molecule has 1 aromatic heterocycles. The molecular formula is C19H17O+. The zero-order valence-corrected chi connectivity index (χ0v) is 11.5. The topological polar surface area (TPSA) is 11.3 Å². The fraction of sp³-hybridized carbons (Fsp3) is 0.105. The van der Waals surface area contributed by atoms with Gasteiger partial charge in [0.1, 0.15) is 0 Å². The second-order valence-electron chi connectivity index (χ2n) is 4.74. The fourth-order valence-corrected chi connectivity index (χ4v) is 2.33. The summed E-state index contributed by atoms with van der Waals surface area (Å²) in [5.74, 6) is 1.87. The molecule has 1 nitrogen and oxygen atoms in total. The third-order valence-electron chi connectivity index (χ3n) is 3.41. The minimum Gasteiger partial charge on any atom is -0.207 e. The first-order valence-electron chi connectivity index (χ1n) is 6.95. The van der Waals surface area contributed by atoms with Crippen LogP contribution in [0.5, 0.6) is 0 Å². The third kappa shape index (κ3) is 2.48. The summed E-state index contributed by atoms with van der Waals surface area (Å²) in [5.41, 5.74) is 3.46. The van der Waals surface area contributed by atoms with Crippen molar-refractivity contribution in [3.63, 3.8) is 0 Å². The van der Waals surface area contributed by atoms with Gasteiger partial charge in [-0.3, -0.25) is 0 Å². The Kier molecular flexibility index (Phi) is 3.60. The average Bonchev–Trinajstić information content (AvgIpc) is 2.56. The quantitative estimate of drug-likeness (QED) is 0.570. The van der Waals surface area contributed by atoms with Gasteiger partial charge in [-0.1, -0.05) is 43.3 Å². The van der Waals surface area contributed by atoms with Crippen molar-refractivity contribution in [2.45, 2.75) is 13.3 Å². The van der Waals surface area contributed by atoms with E-state index in [1.54, 1.807) is 0 Å². The lowest BCUT2D eigenvalue weighted by atomic mass is 10.0. The summed E-state index contributed by atoms with van der Waals surface area (Å²) >= 11 is 0. The van der Waals surface area contributed by atoms with Crippen LogP contribution in [0.3, 0.4) is 0 Å². The molecule has 1 heterocycles. The van der Waals surface area contributed by atoms with E-state index in [4.69, 9.17) is 4.42 Å². The van der Waals surface area contributed by atoms with Crippen molar-refractivity contribution < 1.29 is 4.42 Å². The smallest absolute Gasteiger partial charge is 0.207 e. The van der Waals surface area contributed by atoms with Gasteiger partial charge in [-0.25, -0.2) is 4.42 Å². The van der Waals surface area contributed by atoms with Crippen molar-refractivity contribution in [1.29, 1.82) is 0 Å². The maximum atomic E-state index is 6.17. The van der Waals surface area contributed by atoms with Gasteiger partial charge < -0.3 is 0 Å². The van der Waals surface area contributed by atoms with E-state index in [0.717, 1.165) is 29.1 Å². The highest BCUT2D eigenvalue weighted by Gasteiger charge is 2.20. The Morgan fingerprint density at radius 2 is 1.30 bits per heavy atom. The molecule has 0 fully saturated rings. The van der Waals surface area contributed by atoms with Crippen LogP contribution >= 0.6 is 0 Å². The first-order chi connectivity index (χ1) is 9.88. The molecule has 20 heavy (non-hydrogen) atoms. The molecule has 0 aliphatic rings. The molecule has 0 saturated heterocycles. The SMILES string of the molecule is CCc1ccc(-c2ccccc2)[o+]c1-c1ccccc1. The van der Waals surface area contributed by atoms with Crippen LogP contribution in [0.4, 0.5) is 0 Å². The normalized spacial score (nSPS) is 10.4. The van der Waals surface area contributed by atoms with Crippen molar-refractivity contribution in [1.82, 2.24) is 0 Å². The zero-order chi connectivity index (χ0) is 13.8. The Morgan fingerprint density at radius 3 is 1.90 bits per heavy atom. The van der Waals surface area contributed by atoms with Crippen molar-refractivity contribution in [3.8, 4) is 22.6 Å². The zero-order valence-electron chi connectivity index (χ0n) is 11.5. The van der Waals surface area contributed by atoms with Crippen LogP contribution in [0.15, 0.2) is 77.2 Å². The van der Waals surface area contributed by atoms with Crippen LogP contribution in [0.2, 0.25) is 0 Å². The van der Waals surface area contributed by atoms with Crippen LogP contribution in [0, 0.1) is 0 Å². The van der Waals surface area contributed by atoms with E-state index in [1.807, 2.05) is 36.4 Å². The van der Waals surface area contributed by atoms with Crippen molar-refractivity contribution >= 4 is 0 Å². The minimum absolute atomic E-state index is 0.904. The van der Waals surface area contributed by atoms with Gasteiger partial charge in [0.2, 0.25) is 0 Å². The first-order valence-corrected chi connectivity index (χ1v) is 6.95. The van der Waals surface area contributed by atoms with Crippen LogP contribution in [-0.4, -0.2) is 0 Å². The molecule has 0 atom stereocenters. The van der Waals surface area contributed by atoms with E-state index < -0.39 is 0 Å². The van der Waals surface area contributed by atoms with Gasteiger partial charge in [0.25, 0.3) is 0 Å². The van der Waals surface area contributed by atoms with Gasteiger partial charge >= 0.3 is 11.5 Å². The molecule has 3 aromatic rings. The molecule has 0 bridgehead atoms. The van der Waals surface area contributed by atoms with Gasteiger partial charge in [0.05, 0.1) is 16.7 Å². The number of aryl methyl sites for hydroxylation is 1. The number of hydrogen-bond acceptors (Lipinski definition) is 0. The summed E-state index contributed by atoms with van der Waals surface area (Å²) in [6.07, 6.45) is 0.961. The third-order valence-corrected chi connectivity index (χ3v) is 3.41. The van der Waals surface area contributed by atoms with E-state index in [0.29, 0.717) is 0 Å². The predicted molar refractivity (Wildman–Crippen MR) is 83.4 cm³/mol. The molecule has 98 valence electrons. The predicted octanol–water partition coefficient (Wildman–Crippen LogP) is 5.46. The highest BCUT2D eigenvalue weighted by Crippen LogP contribution is 2.29. The van der Waals surface area contributed by atoms with Crippen molar-refractivity contribution in [3.05, 3.63) is 78.4 Å². The molecule has 3 rings (SSSR count). The molecule has 0 spiro atoms. The van der Waals surface area contributed by atoms with Gasteiger partial charge in [-0.05, 0) is 36.8 Å². The summed E-state index contributed by atoms with van der Waals surface area (Å²) < 4.78 is 6.17.